The van der Waals surface area contributed by atoms with Crippen molar-refractivity contribution in [3.63, 3.8) is 0 Å². The number of rotatable bonds is 7. The average molecular weight is 421 g/mol. The molecule has 0 saturated heterocycles. The third-order valence-electron chi connectivity index (χ3n) is 4.03. The molecular weight excluding hydrogens is 399 g/mol. The van der Waals surface area contributed by atoms with Gasteiger partial charge in [-0.3, -0.25) is 4.99 Å². The van der Waals surface area contributed by atoms with E-state index in [9.17, 15) is 13.2 Å². The number of alkyl halides is 3. The van der Waals surface area contributed by atoms with E-state index < -0.39 is 17.3 Å². The van der Waals surface area contributed by atoms with Crippen LogP contribution in [0.3, 0.4) is 0 Å². The summed E-state index contributed by atoms with van der Waals surface area (Å²) in [6, 6.07) is 8.01. The van der Waals surface area contributed by atoms with Crippen LogP contribution in [0.4, 0.5) is 19.0 Å². The zero-order valence-corrected chi connectivity index (χ0v) is 16.7. The molecule has 0 aliphatic heterocycles. The minimum absolute atomic E-state index is 0.111. The number of nitrogens with two attached hydrogens (primary N) is 1. The molecule has 30 heavy (non-hydrogen) atoms. The van der Waals surface area contributed by atoms with Gasteiger partial charge in [0.15, 0.2) is 5.96 Å². The summed E-state index contributed by atoms with van der Waals surface area (Å²) in [5.74, 6) is 1.16. The van der Waals surface area contributed by atoms with Gasteiger partial charge in [-0.05, 0) is 38.1 Å². The van der Waals surface area contributed by atoms with Gasteiger partial charge in [0.1, 0.15) is 34.6 Å². The van der Waals surface area contributed by atoms with E-state index in [0.717, 1.165) is 12.1 Å². The van der Waals surface area contributed by atoms with Crippen molar-refractivity contribution in [3.05, 3.63) is 47.7 Å². The lowest BCUT2D eigenvalue weighted by atomic mass is 10.1. The highest BCUT2D eigenvalue weighted by molar-refractivity contribution is 5.91. The van der Waals surface area contributed by atoms with Crippen molar-refractivity contribution in [3.8, 4) is 17.6 Å². The second-order valence-electron chi connectivity index (χ2n) is 6.91. The van der Waals surface area contributed by atoms with Crippen LogP contribution in [-0.4, -0.2) is 30.2 Å². The summed E-state index contributed by atoms with van der Waals surface area (Å²) in [7, 11) is 1.44. The summed E-state index contributed by atoms with van der Waals surface area (Å²) >= 11 is 0. The molecule has 0 unspecified atom stereocenters. The fraction of sp³-hybridized carbons (Fsp3) is 0.350. The Labute approximate surface area is 172 Å². The van der Waals surface area contributed by atoms with E-state index in [-0.39, 0.29) is 5.96 Å². The lowest BCUT2D eigenvalue weighted by Crippen LogP contribution is -2.30. The Kier molecular flexibility index (Phi) is 7.10. The van der Waals surface area contributed by atoms with E-state index in [1.807, 2.05) is 6.07 Å². The van der Waals surface area contributed by atoms with Gasteiger partial charge in [0.2, 0.25) is 0 Å². The predicted octanol–water partition coefficient (Wildman–Crippen LogP) is 3.95. The van der Waals surface area contributed by atoms with Crippen molar-refractivity contribution >= 4 is 11.8 Å². The molecule has 0 spiro atoms. The van der Waals surface area contributed by atoms with Crippen LogP contribution in [0.5, 0.6) is 11.5 Å². The Morgan fingerprint density at radius 1 is 1.27 bits per heavy atom. The maximum Gasteiger partial charge on any atom is 0.416 e. The molecule has 2 aromatic rings. The average Bonchev–Trinajstić information content (AvgIpc) is 2.67. The lowest BCUT2D eigenvalue weighted by molar-refractivity contribution is -0.137. The minimum Gasteiger partial charge on any atom is -0.495 e. The fourth-order valence-electron chi connectivity index (χ4n) is 2.46. The molecule has 0 aliphatic carbocycles. The minimum atomic E-state index is -4.39. The number of aliphatic imine (C=N–C) groups is 1. The van der Waals surface area contributed by atoms with E-state index in [4.69, 9.17) is 20.5 Å². The van der Waals surface area contributed by atoms with Gasteiger partial charge in [0, 0.05) is 19.0 Å². The molecule has 0 atom stereocenters. The summed E-state index contributed by atoms with van der Waals surface area (Å²) in [4.78, 5) is 8.26. The molecule has 0 saturated carbocycles. The Balaban J connectivity index is 1.92. The van der Waals surface area contributed by atoms with Crippen molar-refractivity contribution in [1.82, 2.24) is 4.98 Å². The number of anilines is 1. The Hall–Kier alpha value is -3.48. The maximum atomic E-state index is 12.6. The van der Waals surface area contributed by atoms with Crippen molar-refractivity contribution in [1.29, 1.82) is 5.26 Å². The third-order valence-corrected chi connectivity index (χ3v) is 4.03. The van der Waals surface area contributed by atoms with Crippen LogP contribution in [-0.2, 0) is 6.18 Å². The zero-order valence-electron chi connectivity index (χ0n) is 16.7. The second-order valence-corrected chi connectivity index (χ2v) is 6.91. The van der Waals surface area contributed by atoms with Crippen molar-refractivity contribution in [2.24, 2.45) is 10.7 Å². The lowest BCUT2D eigenvalue weighted by Gasteiger charge is -2.26. The Morgan fingerprint density at radius 3 is 2.50 bits per heavy atom. The highest BCUT2D eigenvalue weighted by atomic mass is 19.4. The van der Waals surface area contributed by atoms with Gasteiger partial charge in [0.05, 0.1) is 18.9 Å². The van der Waals surface area contributed by atoms with E-state index in [1.165, 1.54) is 31.5 Å². The van der Waals surface area contributed by atoms with E-state index in [2.05, 4.69) is 15.3 Å². The number of benzene rings is 1. The largest absolute Gasteiger partial charge is 0.495 e. The number of aromatic nitrogens is 1. The van der Waals surface area contributed by atoms with Gasteiger partial charge in [-0.25, -0.2) is 4.98 Å². The van der Waals surface area contributed by atoms with Gasteiger partial charge >= 0.3 is 6.18 Å². The van der Waals surface area contributed by atoms with Crippen molar-refractivity contribution in [2.45, 2.75) is 32.0 Å². The van der Waals surface area contributed by atoms with E-state index in [1.54, 1.807) is 13.8 Å². The number of methoxy groups -OCH3 is 1. The quantitative estimate of drug-likeness (QED) is 0.518. The molecule has 0 bridgehead atoms. The number of nitrogens with one attached hydrogen (secondary N) is 1. The van der Waals surface area contributed by atoms with Gasteiger partial charge in [-0.15, -0.1) is 0 Å². The monoisotopic (exact) mass is 421 g/mol. The molecule has 7 nitrogen and oxygen atoms in total. The first-order valence-electron chi connectivity index (χ1n) is 8.91. The number of hydrogen-bond donors (Lipinski definition) is 2. The molecule has 10 heteroatoms. The predicted molar refractivity (Wildman–Crippen MR) is 106 cm³/mol. The molecule has 1 aromatic heterocycles. The summed E-state index contributed by atoms with van der Waals surface area (Å²) in [6.45, 7) is 3.91. The molecule has 0 aliphatic rings. The topological polar surface area (TPSA) is 106 Å². The first-order valence-corrected chi connectivity index (χ1v) is 8.91. The van der Waals surface area contributed by atoms with Crippen molar-refractivity contribution < 1.29 is 22.6 Å². The summed E-state index contributed by atoms with van der Waals surface area (Å²) in [5.41, 5.74) is 4.73. The van der Waals surface area contributed by atoms with Gasteiger partial charge in [-0.1, -0.05) is 0 Å². The molecule has 0 fully saturated rings. The number of hydrogen-bond acceptors (Lipinski definition) is 5. The van der Waals surface area contributed by atoms with Crippen LogP contribution < -0.4 is 20.5 Å². The SMILES string of the molecule is COc1cc(NC(N)=NCCC(C)(C)Oc2ccc(C(F)(F)F)cc2)ncc1C#N. The highest BCUT2D eigenvalue weighted by Crippen LogP contribution is 2.31. The fourth-order valence-corrected chi connectivity index (χ4v) is 2.46. The molecule has 1 aromatic carbocycles. The number of halogens is 3. The van der Waals surface area contributed by atoms with Gasteiger partial charge < -0.3 is 20.5 Å². The molecule has 160 valence electrons. The van der Waals surface area contributed by atoms with E-state index in [0.29, 0.717) is 35.8 Å². The third kappa shape index (κ3) is 6.55. The first kappa shape index (κ1) is 22.8. The van der Waals surface area contributed by atoms with Crippen LogP contribution >= 0.6 is 0 Å². The molecule has 0 amide bonds. The smallest absolute Gasteiger partial charge is 0.416 e. The number of nitriles is 1. The summed E-state index contributed by atoms with van der Waals surface area (Å²) in [6.07, 6.45) is -2.57. The summed E-state index contributed by atoms with van der Waals surface area (Å²) < 4.78 is 48.8. The number of ether oxygens (including phenoxy) is 2. The maximum absolute atomic E-state index is 12.6. The van der Waals surface area contributed by atoms with Crippen LogP contribution in [0.2, 0.25) is 0 Å². The molecule has 0 radical (unpaired) electrons. The molecule has 2 rings (SSSR count). The Morgan fingerprint density at radius 2 is 1.93 bits per heavy atom. The molecule has 1 heterocycles. The molecule has 3 N–H and O–H groups in total. The van der Waals surface area contributed by atoms with E-state index >= 15 is 0 Å². The van der Waals surface area contributed by atoms with Gasteiger partial charge in [-0.2, -0.15) is 18.4 Å². The van der Waals surface area contributed by atoms with Crippen LogP contribution in [0.1, 0.15) is 31.4 Å². The van der Waals surface area contributed by atoms with Crippen LogP contribution in [0.15, 0.2) is 41.5 Å². The van der Waals surface area contributed by atoms with Crippen LogP contribution in [0.25, 0.3) is 0 Å². The summed E-state index contributed by atoms with van der Waals surface area (Å²) in [5, 5.41) is 11.8. The zero-order chi connectivity index (χ0) is 22.4. The molecular formula is C20H22F3N5O2. The number of pyridine rings is 1. The standard InChI is InChI=1S/C20H22F3N5O2/c1-19(2,30-15-6-4-14(5-7-15)20(21,22)23)8-9-26-18(25)28-17-10-16(29-3)13(11-24)12-27-17/h4-7,10,12H,8-9H2,1-3H3,(H3,25,26,27,28). The number of nitrogens with zero attached hydrogens (tertiary/aromatic N) is 3. The second kappa shape index (κ2) is 9.35. The Bertz CT molecular complexity index is 935. The first-order chi connectivity index (χ1) is 14.0. The van der Waals surface area contributed by atoms with Crippen LogP contribution in [0, 0.1) is 11.3 Å². The van der Waals surface area contributed by atoms with Gasteiger partial charge in [0.25, 0.3) is 0 Å². The highest BCUT2D eigenvalue weighted by Gasteiger charge is 2.30. The normalized spacial score (nSPS) is 12.2. The van der Waals surface area contributed by atoms with Crippen molar-refractivity contribution in [2.75, 3.05) is 19.0 Å². The number of guanidine groups is 1.